The first kappa shape index (κ1) is 12.6. The van der Waals surface area contributed by atoms with Crippen LogP contribution >= 0.6 is 15.9 Å². The van der Waals surface area contributed by atoms with E-state index in [0.29, 0.717) is 5.82 Å². The predicted molar refractivity (Wildman–Crippen MR) is 73.1 cm³/mol. The number of nitrogens with zero attached hydrogens (tertiary/aromatic N) is 4. The van der Waals surface area contributed by atoms with Crippen molar-refractivity contribution in [1.82, 2.24) is 14.9 Å². The lowest BCUT2D eigenvalue weighted by Crippen LogP contribution is -2.47. The summed E-state index contributed by atoms with van der Waals surface area (Å²) in [6.07, 6.45) is 1.21. The van der Waals surface area contributed by atoms with E-state index in [1.807, 2.05) is 0 Å². The third-order valence-corrected chi connectivity index (χ3v) is 3.30. The smallest absolute Gasteiger partial charge is 0.228 e. The van der Waals surface area contributed by atoms with Gasteiger partial charge in [0.2, 0.25) is 5.95 Å². The Morgan fingerprint density at radius 3 is 2.59 bits per heavy atom. The monoisotopic (exact) mass is 299 g/mol. The number of hydrogen-bond acceptors (Lipinski definition) is 5. The molecular weight excluding hydrogens is 282 g/mol. The summed E-state index contributed by atoms with van der Waals surface area (Å²) in [5, 5.41) is 0. The number of halogens is 1. The van der Waals surface area contributed by atoms with Gasteiger partial charge in [0.25, 0.3) is 0 Å². The molecular formula is C11H18BrN5. The van der Waals surface area contributed by atoms with E-state index in [9.17, 15) is 0 Å². The quantitative estimate of drug-likeness (QED) is 0.854. The number of nitrogen functional groups attached to an aromatic ring is 1. The van der Waals surface area contributed by atoms with E-state index in [-0.39, 0.29) is 0 Å². The maximum atomic E-state index is 5.72. The van der Waals surface area contributed by atoms with Crippen molar-refractivity contribution < 1.29 is 0 Å². The minimum atomic E-state index is 0.512. The number of nitrogens with two attached hydrogens (primary N) is 1. The zero-order valence-electron chi connectivity index (χ0n) is 10.1. The van der Waals surface area contributed by atoms with Crippen LogP contribution < -0.4 is 10.6 Å². The molecule has 2 heterocycles. The molecule has 2 rings (SSSR count). The first-order valence-electron chi connectivity index (χ1n) is 5.96. The molecule has 1 fully saturated rings. The summed E-state index contributed by atoms with van der Waals surface area (Å²) in [5.74, 6) is 1.24. The minimum absolute atomic E-state index is 0.512. The Hall–Kier alpha value is -0.880. The average Bonchev–Trinajstić information content (AvgIpc) is 2.29. The summed E-state index contributed by atoms with van der Waals surface area (Å²) >= 11 is 3.35. The topological polar surface area (TPSA) is 58.3 Å². The van der Waals surface area contributed by atoms with Gasteiger partial charge in [0, 0.05) is 32.2 Å². The van der Waals surface area contributed by atoms with Crippen molar-refractivity contribution in [2.75, 3.05) is 43.4 Å². The van der Waals surface area contributed by atoms with Gasteiger partial charge in [0.15, 0.2) is 0 Å². The molecule has 94 valence electrons. The molecule has 2 N–H and O–H groups in total. The van der Waals surface area contributed by atoms with Crippen molar-refractivity contribution in [3.05, 3.63) is 10.7 Å². The van der Waals surface area contributed by atoms with Gasteiger partial charge in [-0.05, 0) is 28.9 Å². The van der Waals surface area contributed by atoms with Gasteiger partial charge in [0.1, 0.15) is 10.4 Å². The molecule has 6 heteroatoms. The van der Waals surface area contributed by atoms with Gasteiger partial charge < -0.3 is 10.6 Å². The van der Waals surface area contributed by atoms with E-state index in [2.05, 4.69) is 42.6 Å². The molecule has 1 saturated heterocycles. The fourth-order valence-corrected chi connectivity index (χ4v) is 2.44. The fraction of sp³-hybridized carbons (Fsp3) is 0.636. The largest absolute Gasteiger partial charge is 0.383 e. The number of hydrogen-bond donors (Lipinski definition) is 1. The second kappa shape index (κ2) is 5.64. The van der Waals surface area contributed by atoms with Crippen molar-refractivity contribution >= 4 is 27.7 Å². The summed E-state index contributed by atoms with van der Waals surface area (Å²) in [6, 6.07) is 1.72. The van der Waals surface area contributed by atoms with Crippen LogP contribution in [0, 0.1) is 0 Å². The molecule has 0 amide bonds. The Morgan fingerprint density at radius 2 is 2.00 bits per heavy atom. The van der Waals surface area contributed by atoms with Crippen LogP contribution in [-0.2, 0) is 0 Å². The predicted octanol–water partition coefficient (Wildman–Crippen LogP) is 1.35. The lowest BCUT2D eigenvalue weighted by molar-refractivity contribution is 0.257. The Labute approximate surface area is 110 Å². The highest BCUT2D eigenvalue weighted by Crippen LogP contribution is 2.17. The second-order valence-corrected chi connectivity index (χ2v) is 5.06. The van der Waals surface area contributed by atoms with Crippen LogP contribution in [0.5, 0.6) is 0 Å². The molecule has 0 atom stereocenters. The molecule has 0 bridgehead atoms. The number of aromatic nitrogens is 2. The average molecular weight is 300 g/mol. The lowest BCUT2D eigenvalue weighted by Gasteiger charge is -2.34. The number of anilines is 2. The van der Waals surface area contributed by atoms with Gasteiger partial charge in [-0.3, -0.25) is 4.90 Å². The summed E-state index contributed by atoms with van der Waals surface area (Å²) in [5.41, 5.74) is 5.72. The fourth-order valence-electron chi connectivity index (χ4n) is 2.05. The molecule has 0 aromatic carbocycles. The zero-order chi connectivity index (χ0) is 12.3. The van der Waals surface area contributed by atoms with E-state index >= 15 is 0 Å². The van der Waals surface area contributed by atoms with Crippen molar-refractivity contribution in [1.29, 1.82) is 0 Å². The Morgan fingerprint density at radius 1 is 1.29 bits per heavy atom. The molecule has 1 aliphatic heterocycles. The summed E-state index contributed by atoms with van der Waals surface area (Å²) < 4.78 is 0.746. The molecule has 5 nitrogen and oxygen atoms in total. The molecule has 0 unspecified atom stereocenters. The van der Waals surface area contributed by atoms with Crippen molar-refractivity contribution in [2.24, 2.45) is 0 Å². The molecule has 0 radical (unpaired) electrons. The Kier molecular flexibility index (Phi) is 4.17. The number of rotatable bonds is 3. The Bertz CT molecular complexity index is 356. The summed E-state index contributed by atoms with van der Waals surface area (Å²) in [6.45, 7) is 7.47. The third kappa shape index (κ3) is 3.29. The minimum Gasteiger partial charge on any atom is -0.383 e. The first-order chi connectivity index (χ1) is 8.19. The van der Waals surface area contributed by atoms with E-state index in [1.165, 1.54) is 13.0 Å². The molecule has 0 aliphatic carbocycles. The van der Waals surface area contributed by atoms with E-state index in [0.717, 1.165) is 36.7 Å². The summed E-state index contributed by atoms with van der Waals surface area (Å²) in [7, 11) is 0. The van der Waals surface area contributed by atoms with E-state index < -0.39 is 0 Å². The first-order valence-corrected chi connectivity index (χ1v) is 6.75. The Balaban J connectivity index is 2.00. The lowest BCUT2D eigenvalue weighted by atomic mass is 10.3. The maximum Gasteiger partial charge on any atom is 0.228 e. The van der Waals surface area contributed by atoms with Gasteiger partial charge in [-0.15, -0.1) is 0 Å². The summed E-state index contributed by atoms with van der Waals surface area (Å²) in [4.78, 5) is 13.3. The molecule has 1 aromatic rings. The van der Waals surface area contributed by atoms with Gasteiger partial charge >= 0.3 is 0 Å². The van der Waals surface area contributed by atoms with Gasteiger partial charge in [-0.2, -0.15) is 4.98 Å². The van der Waals surface area contributed by atoms with Crippen LogP contribution in [0.4, 0.5) is 11.8 Å². The van der Waals surface area contributed by atoms with Crippen molar-refractivity contribution in [3.63, 3.8) is 0 Å². The second-order valence-electron chi connectivity index (χ2n) is 4.24. The third-order valence-electron chi connectivity index (χ3n) is 2.90. The molecule has 1 aromatic heterocycles. The molecule has 1 aliphatic rings. The standard InChI is InChI=1S/C11H18BrN5/c1-2-3-16-4-6-17(7-5-16)11-14-9(12)8-10(13)15-11/h8H,2-7H2,1H3,(H2,13,14,15). The van der Waals surface area contributed by atoms with Crippen LogP contribution in [0.3, 0.4) is 0 Å². The highest BCUT2D eigenvalue weighted by molar-refractivity contribution is 9.10. The number of piperazine rings is 1. The van der Waals surface area contributed by atoms with E-state index in [4.69, 9.17) is 5.73 Å². The van der Waals surface area contributed by atoms with E-state index in [1.54, 1.807) is 6.07 Å². The molecule has 0 spiro atoms. The van der Waals surface area contributed by atoms with Gasteiger partial charge in [-0.1, -0.05) is 6.92 Å². The maximum absolute atomic E-state index is 5.72. The van der Waals surface area contributed by atoms with Gasteiger partial charge in [0.05, 0.1) is 0 Å². The molecule has 0 saturated carbocycles. The van der Waals surface area contributed by atoms with Gasteiger partial charge in [-0.25, -0.2) is 4.98 Å². The van der Waals surface area contributed by atoms with Crippen LogP contribution in [-0.4, -0.2) is 47.6 Å². The van der Waals surface area contributed by atoms with Crippen LogP contribution in [0.2, 0.25) is 0 Å². The van der Waals surface area contributed by atoms with Crippen molar-refractivity contribution in [3.8, 4) is 0 Å². The van der Waals surface area contributed by atoms with Crippen LogP contribution in [0.15, 0.2) is 10.7 Å². The SMILES string of the molecule is CCCN1CCN(c2nc(N)cc(Br)n2)CC1. The van der Waals surface area contributed by atoms with Crippen molar-refractivity contribution in [2.45, 2.75) is 13.3 Å². The highest BCUT2D eigenvalue weighted by atomic mass is 79.9. The zero-order valence-corrected chi connectivity index (χ0v) is 11.7. The highest BCUT2D eigenvalue weighted by Gasteiger charge is 2.18. The van der Waals surface area contributed by atoms with Crippen LogP contribution in [0.25, 0.3) is 0 Å². The van der Waals surface area contributed by atoms with Crippen LogP contribution in [0.1, 0.15) is 13.3 Å². The molecule has 17 heavy (non-hydrogen) atoms. The normalized spacial score (nSPS) is 17.4.